The molecule has 5 rings (SSSR count). The maximum atomic E-state index is 12.9. The van der Waals surface area contributed by atoms with Gasteiger partial charge in [-0.1, -0.05) is 11.6 Å². The second-order valence-electron chi connectivity index (χ2n) is 9.64. The number of hydrogen-bond donors (Lipinski definition) is 4. The smallest absolute Gasteiger partial charge is 0.251 e. The van der Waals surface area contributed by atoms with Gasteiger partial charge < -0.3 is 26.0 Å². The molecule has 1 saturated heterocycles. The van der Waals surface area contributed by atoms with Gasteiger partial charge in [-0.05, 0) is 67.6 Å². The fraction of sp³-hybridized carbons (Fsp3) is 0.286. The van der Waals surface area contributed by atoms with Crippen molar-refractivity contribution in [3.63, 3.8) is 0 Å². The van der Waals surface area contributed by atoms with Crippen LogP contribution in [0.5, 0.6) is 5.75 Å². The summed E-state index contributed by atoms with van der Waals surface area (Å²) in [6, 6.07) is 11.2. The number of likely N-dealkylation sites (tertiary alicyclic amines) is 1. The van der Waals surface area contributed by atoms with E-state index in [1.54, 1.807) is 19.5 Å². The normalized spacial score (nSPS) is 13.9. The third kappa shape index (κ3) is 5.61. The lowest BCUT2D eigenvalue weighted by Gasteiger charge is -2.32. The molecule has 39 heavy (non-hydrogen) atoms. The number of anilines is 2. The first kappa shape index (κ1) is 26.3. The van der Waals surface area contributed by atoms with Gasteiger partial charge in [0.15, 0.2) is 17.4 Å². The maximum absolute atomic E-state index is 12.9. The molecule has 0 bridgehead atoms. The molecular formula is C28H31ClN8O2. The number of rotatable bonds is 7. The summed E-state index contributed by atoms with van der Waals surface area (Å²) < 4.78 is 7.21. The Morgan fingerprint density at radius 3 is 2.69 bits per heavy atom. The van der Waals surface area contributed by atoms with E-state index in [9.17, 15) is 4.79 Å². The molecule has 1 fully saturated rings. The Labute approximate surface area is 231 Å². The number of carbonyl (C=O) groups excluding carboxylic acids is 1. The Morgan fingerprint density at radius 1 is 1.21 bits per heavy atom. The van der Waals surface area contributed by atoms with E-state index in [4.69, 9.17) is 27.5 Å². The van der Waals surface area contributed by atoms with E-state index >= 15 is 0 Å². The number of amides is 1. The molecule has 0 radical (unpaired) electrons. The quantitative estimate of drug-likeness (QED) is 0.199. The fourth-order valence-electron chi connectivity index (χ4n) is 4.89. The van der Waals surface area contributed by atoms with E-state index in [0.717, 1.165) is 48.4 Å². The average Bonchev–Trinajstić information content (AvgIpc) is 3.37. The van der Waals surface area contributed by atoms with Crippen molar-refractivity contribution in [1.82, 2.24) is 24.6 Å². The van der Waals surface area contributed by atoms with Crippen LogP contribution in [0.15, 0.2) is 55.0 Å². The van der Waals surface area contributed by atoms with Crippen molar-refractivity contribution in [3.8, 4) is 17.0 Å². The molecule has 11 heteroatoms. The summed E-state index contributed by atoms with van der Waals surface area (Å²) in [7, 11) is 1.59. The zero-order valence-electron chi connectivity index (χ0n) is 21.9. The Kier molecular flexibility index (Phi) is 7.56. The van der Waals surface area contributed by atoms with Crippen LogP contribution in [0, 0.1) is 18.3 Å². The van der Waals surface area contributed by atoms with Crippen molar-refractivity contribution in [1.29, 1.82) is 5.41 Å². The number of fused-ring (bicyclic) bond motifs is 1. The van der Waals surface area contributed by atoms with Gasteiger partial charge in [0, 0.05) is 48.8 Å². The highest BCUT2D eigenvalue weighted by Gasteiger charge is 2.21. The van der Waals surface area contributed by atoms with E-state index in [-0.39, 0.29) is 11.9 Å². The number of guanidine groups is 1. The van der Waals surface area contributed by atoms with Crippen LogP contribution in [0.25, 0.3) is 16.9 Å². The molecule has 3 heterocycles. The molecule has 1 aliphatic rings. The number of aryl methyl sites for hydroxylation is 1. The Balaban J connectivity index is 1.27. The van der Waals surface area contributed by atoms with Crippen molar-refractivity contribution < 1.29 is 9.53 Å². The fourth-order valence-corrected chi connectivity index (χ4v) is 5.15. The number of nitrogens with zero attached hydrogens (tertiary/aromatic N) is 4. The Morgan fingerprint density at radius 2 is 2.00 bits per heavy atom. The number of benzene rings is 2. The van der Waals surface area contributed by atoms with E-state index in [1.165, 1.54) is 0 Å². The molecule has 4 aromatic rings. The molecule has 0 aliphatic carbocycles. The summed E-state index contributed by atoms with van der Waals surface area (Å²) in [6.45, 7) is 4.03. The maximum Gasteiger partial charge on any atom is 0.251 e. The first-order valence-corrected chi connectivity index (χ1v) is 13.1. The number of nitrogens with one attached hydrogen (secondary N) is 3. The van der Waals surface area contributed by atoms with Crippen molar-refractivity contribution in [3.05, 3.63) is 71.1 Å². The molecule has 202 valence electrons. The number of ether oxygens (including phenoxy) is 1. The summed E-state index contributed by atoms with van der Waals surface area (Å²) in [4.78, 5) is 23.8. The van der Waals surface area contributed by atoms with Gasteiger partial charge in [0.25, 0.3) is 5.91 Å². The highest BCUT2D eigenvalue weighted by molar-refractivity contribution is 6.32. The van der Waals surface area contributed by atoms with Gasteiger partial charge in [-0.25, -0.2) is 9.97 Å². The summed E-state index contributed by atoms with van der Waals surface area (Å²) in [5, 5.41) is 14.5. The van der Waals surface area contributed by atoms with Gasteiger partial charge >= 0.3 is 0 Å². The van der Waals surface area contributed by atoms with Crippen molar-refractivity contribution >= 4 is 40.6 Å². The number of carbonyl (C=O) groups is 1. The molecule has 1 aliphatic heterocycles. The third-order valence-electron chi connectivity index (χ3n) is 7.12. The molecule has 0 saturated carbocycles. The van der Waals surface area contributed by atoms with Gasteiger partial charge in [0.05, 0.1) is 24.0 Å². The van der Waals surface area contributed by atoms with Crippen LogP contribution in [0.3, 0.4) is 0 Å². The number of imidazole rings is 1. The minimum Gasteiger partial charge on any atom is -0.495 e. The lowest BCUT2D eigenvalue weighted by atomic mass is 9.96. The summed E-state index contributed by atoms with van der Waals surface area (Å²) >= 11 is 6.34. The van der Waals surface area contributed by atoms with Gasteiger partial charge in [-0.3, -0.25) is 14.6 Å². The molecule has 2 aromatic heterocycles. The second-order valence-corrected chi connectivity index (χ2v) is 10.0. The Hall–Kier alpha value is -4.31. The third-order valence-corrected chi connectivity index (χ3v) is 7.41. The minimum atomic E-state index is -0.0932. The number of hydrogen-bond acceptors (Lipinski definition) is 6. The van der Waals surface area contributed by atoms with Gasteiger partial charge in [-0.15, -0.1) is 0 Å². The molecule has 0 spiro atoms. The summed E-state index contributed by atoms with van der Waals surface area (Å²) in [5.74, 6) is 1.61. The van der Waals surface area contributed by atoms with Crippen molar-refractivity contribution in [2.24, 2.45) is 11.7 Å². The van der Waals surface area contributed by atoms with Gasteiger partial charge in [0.1, 0.15) is 5.75 Å². The predicted octanol–water partition coefficient (Wildman–Crippen LogP) is 4.45. The van der Waals surface area contributed by atoms with Crippen LogP contribution < -0.4 is 21.1 Å². The van der Waals surface area contributed by atoms with Crippen LogP contribution >= 0.6 is 11.6 Å². The Bertz CT molecular complexity index is 1530. The van der Waals surface area contributed by atoms with Gasteiger partial charge in [0.2, 0.25) is 0 Å². The van der Waals surface area contributed by atoms with Crippen molar-refractivity contribution in [2.45, 2.75) is 19.8 Å². The standard InChI is InChI=1S/C28H31ClN8O2/c1-17-13-20(4-5-21(17)27(38)34-15-18-7-10-36(11-8-18)28(30)31)35-25-26-33-16-23(37(26)12-9-32-25)19-3-6-24(39-2)22(29)14-19/h3-6,9,12-14,16,18H,7-8,10-11,15H2,1-2H3,(H3,30,31)(H,32,35)(H,34,38). The predicted molar refractivity (Wildman–Crippen MR) is 153 cm³/mol. The lowest BCUT2D eigenvalue weighted by Crippen LogP contribution is -2.44. The second kappa shape index (κ2) is 11.2. The van der Waals surface area contributed by atoms with Crippen molar-refractivity contribution in [2.75, 3.05) is 32.1 Å². The van der Waals surface area contributed by atoms with Gasteiger partial charge in [-0.2, -0.15) is 0 Å². The minimum absolute atomic E-state index is 0.0932. The van der Waals surface area contributed by atoms with E-state index in [0.29, 0.717) is 40.3 Å². The molecule has 1 amide bonds. The SMILES string of the molecule is COc1ccc(-c2cnc3c(Nc4ccc(C(=O)NCC5CCN(C(=N)N)CC5)c(C)c4)nccn23)cc1Cl. The summed E-state index contributed by atoms with van der Waals surface area (Å²) in [6.07, 6.45) is 7.15. The zero-order valence-corrected chi connectivity index (χ0v) is 22.6. The molecule has 0 atom stereocenters. The molecule has 0 unspecified atom stereocenters. The summed E-state index contributed by atoms with van der Waals surface area (Å²) in [5.41, 5.74) is 10.3. The highest BCUT2D eigenvalue weighted by Crippen LogP contribution is 2.31. The molecule has 10 nitrogen and oxygen atoms in total. The number of halogens is 1. The lowest BCUT2D eigenvalue weighted by molar-refractivity contribution is 0.0940. The average molecular weight is 547 g/mol. The van der Waals surface area contributed by atoms with Crippen LogP contribution in [0.4, 0.5) is 11.5 Å². The van der Waals surface area contributed by atoms with Crippen LogP contribution in [-0.4, -0.2) is 57.9 Å². The number of nitrogens with two attached hydrogens (primary N) is 1. The largest absolute Gasteiger partial charge is 0.495 e. The molecular weight excluding hydrogens is 516 g/mol. The number of methoxy groups -OCH3 is 1. The number of piperidine rings is 1. The first-order chi connectivity index (χ1) is 18.8. The topological polar surface area (TPSA) is 134 Å². The zero-order chi connectivity index (χ0) is 27.5. The van der Waals surface area contributed by atoms with Crippen LogP contribution in [0.1, 0.15) is 28.8 Å². The molecule has 2 aromatic carbocycles. The first-order valence-electron chi connectivity index (χ1n) is 12.7. The van der Waals surface area contributed by atoms with Crippen LogP contribution in [-0.2, 0) is 0 Å². The van der Waals surface area contributed by atoms with Crippen LogP contribution in [0.2, 0.25) is 5.02 Å². The highest BCUT2D eigenvalue weighted by atomic mass is 35.5. The van der Waals surface area contributed by atoms with E-state index in [1.807, 2.05) is 58.8 Å². The monoisotopic (exact) mass is 546 g/mol. The van der Waals surface area contributed by atoms with E-state index < -0.39 is 0 Å². The number of aromatic nitrogens is 3. The van der Waals surface area contributed by atoms with E-state index in [2.05, 4.69) is 20.6 Å². The molecule has 5 N–H and O–H groups in total.